The van der Waals surface area contributed by atoms with Crippen LogP contribution in [0.25, 0.3) is 16.7 Å². The van der Waals surface area contributed by atoms with Crippen molar-refractivity contribution >= 4 is 22.9 Å². The zero-order valence-corrected chi connectivity index (χ0v) is 18.7. The van der Waals surface area contributed by atoms with E-state index >= 15 is 0 Å². The van der Waals surface area contributed by atoms with Gasteiger partial charge in [-0.2, -0.15) is 5.10 Å². The third-order valence-electron chi connectivity index (χ3n) is 6.02. The first-order chi connectivity index (χ1) is 16.7. The highest BCUT2D eigenvalue weighted by molar-refractivity contribution is 6.12. The molecule has 168 valence electrons. The topological polar surface area (TPSA) is 90.5 Å². The van der Waals surface area contributed by atoms with Crippen molar-refractivity contribution in [1.82, 2.24) is 29.5 Å². The molecule has 0 bridgehead atoms. The molecule has 3 heterocycles. The van der Waals surface area contributed by atoms with Crippen LogP contribution in [0.3, 0.4) is 0 Å². The van der Waals surface area contributed by atoms with E-state index in [1.54, 1.807) is 11.0 Å². The van der Waals surface area contributed by atoms with Crippen LogP contribution < -0.4 is 5.32 Å². The van der Waals surface area contributed by atoms with E-state index in [2.05, 4.69) is 15.4 Å². The van der Waals surface area contributed by atoms with Gasteiger partial charge in [0.05, 0.1) is 28.9 Å². The molecule has 8 heteroatoms. The first-order valence-electron chi connectivity index (χ1n) is 11.4. The molecule has 0 atom stereocenters. The Bertz CT molecular complexity index is 1480. The predicted molar refractivity (Wildman–Crippen MR) is 129 cm³/mol. The maximum atomic E-state index is 13.4. The van der Waals surface area contributed by atoms with Crippen molar-refractivity contribution in [2.24, 2.45) is 0 Å². The largest absolute Gasteiger partial charge is 0.289 e. The van der Waals surface area contributed by atoms with Gasteiger partial charge in [-0.3, -0.25) is 10.1 Å². The molecule has 34 heavy (non-hydrogen) atoms. The smallest absolute Gasteiger partial charge is 0.258 e. The number of nitrogens with zero attached hydrogens (tertiary/aromatic N) is 6. The molecule has 0 radical (unpaired) electrons. The van der Waals surface area contributed by atoms with Gasteiger partial charge in [-0.15, -0.1) is 5.10 Å². The summed E-state index contributed by atoms with van der Waals surface area (Å²) in [5.41, 5.74) is 4.94. The van der Waals surface area contributed by atoms with E-state index in [4.69, 9.17) is 10.1 Å². The van der Waals surface area contributed by atoms with E-state index in [-0.39, 0.29) is 11.9 Å². The van der Waals surface area contributed by atoms with Crippen molar-refractivity contribution in [3.8, 4) is 5.69 Å². The first kappa shape index (κ1) is 20.3. The summed E-state index contributed by atoms with van der Waals surface area (Å²) < 4.78 is 3.53. The first-order valence-corrected chi connectivity index (χ1v) is 11.4. The zero-order chi connectivity index (χ0) is 23.1. The average molecular weight is 450 g/mol. The van der Waals surface area contributed by atoms with Gasteiger partial charge in [0.2, 0.25) is 5.95 Å². The molecule has 8 nitrogen and oxygen atoms in total. The molecule has 0 spiro atoms. The van der Waals surface area contributed by atoms with Crippen LogP contribution in [0.5, 0.6) is 0 Å². The quantitative estimate of drug-likeness (QED) is 0.412. The van der Waals surface area contributed by atoms with Crippen molar-refractivity contribution in [2.45, 2.75) is 32.2 Å². The number of pyridine rings is 1. The second-order valence-corrected chi connectivity index (χ2v) is 8.61. The van der Waals surface area contributed by atoms with Crippen LogP contribution in [-0.4, -0.2) is 35.4 Å². The molecule has 0 aliphatic heterocycles. The number of carbonyl (C=O) groups excluding carboxylic acids is 1. The average Bonchev–Trinajstić information content (AvgIpc) is 3.55. The highest BCUT2D eigenvalue weighted by Gasteiger charge is 2.29. The van der Waals surface area contributed by atoms with Gasteiger partial charge in [0.15, 0.2) is 5.65 Å². The van der Waals surface area contributed by atoms with Crippen LogP contribution in [0.4, 0.5) is 5.95 Å². The molecule has 3 aromatic heterocycles. The summed E-state index contributed by atoms with van der Waals surface area (Å²) in [6, 6.07) is 21.8. The Morgan fingerprint density at radius 3 is 2.50 bits per heavy atom. The van der Waals surface area contributed by atoms with Crippen molar-refractivity contribution in [3.05, 3.63) is 95.6 Å². The lowest BCUT2D eigenvalue weighted by molar-refractivity contribution is 0.102. The van der Waals surface area contributed by atoms with Gasteiger partial charge in [-0.25, -0.2) is 19.3 Å². The number of amides is 1. The summed E-state index contributed by atoms with van der Waals surface area (Å²) in [5.74, 6) is 0.396. The maximum Gasteiger partial charge on any atom is 0.258 e. The molecule has 6 rings (SSSR count). The Morgan fingerprint density at radius 2 is 1.76 bits per heavy atom. The summed E-state index contributed by atoms with van der Waals surface area (Å²) in [6.07, 6.45) is 3.80. The molecule has 2 aromatic carbocycles. The van der Waals surface area contributed by atoms with E-state index in [1.807, 2.05) is 78.3 Å². The molecule has 5 aromatic rings. The lowest BCUT2D eigenvalue weighted by atomic mass is 10.1. The minimum atomic E-state index is -0.262. The van der Waals surface area contributed by atoms with Crippen LogP contribution in [0, 0.1) is 6.92 Å². The molecule has 1 aliphatic rings. The standard InChI is InChI=1S/C26H23N7O/c1-17-23-21(25(34)29-26-27-16-32(31-26)15-18-8-4-2-5-9-18)14-22(19-12-13-19)28-24(23)33(30-17)20-10-6-3-7-11-20/h2-11,14,16,19H,12-13,15H2,1H3,(H,29,31,34). The van der Waals surface area contributed by atoms with Crippen molar-refractivity contribution in [3.63, 3.8) is 0 Å². The van der Waals surface area contributed by atoms with E-state index in [0.29, 0.717) is 23.7 Å². The number of rotatable bonds is 6. The molecule has 1 fully saturated rings. The van der Waals surface area contributed by atoms with Crippen LogP contribution in [0.1, 0.15) is 46.1 Å². The highest BCUT2D eigenvalue weighted by atomic mass is 16.1. The molecule has 1 N–H and O–H groups in total. The number of nitrogens with one attached hydrogen (secondary N) is 1. The third-order valence-corrected chi connectivity index (χ3v) is 6.02. The van der Waals surface area contributed by atoms with Crippen LogP contribution in [0.2, 0.25) is 0 Å². The monoisotopic (exact) mass is 449 g/mol. The number of aromatic nitrogens is 6. The summed E-state index contributed by atoms with van der Waals surface area (Å²) >= 11 is 0. The highest BCUT2D eigenvalue weighted by Crippen LogP contribution is 2.40. The van der Waals surface area contributed by atoms with Gasteiger partial charge >= 0.3 is 0 Å². The number of benzene rings is 2. The Morgan fingerprint density at radius 1 is 1.03 bits per heavy atom. The number of carbonyl (C=O) groups is 1. The number of para-hydroxylation sites is 1. The number of hydrogen-bond acceptors (Lipinski definition) is 5. The van der Waals surface area contributed by atoms with Gasteiger partial charge in [0.1, 0.15) is 6.33 Å². The molecular formula is C26H23N7O. The second-order valence-electron chi connectivity index (χ2n) is 8.61. The minimum absolute atomic E-state index is 0.262. The second kappa shape index (κ2) is 8.22. The van der Waals surface area contributed by atoms with E-state index in [1.165, 1.54) is 0 Å². The minimum Gasteiger partial charge on any atom is -0.289 e. The molecule has 1 amide bonds. The number of anilines is 1. The number of hydrogen-bond donors (Lipinski definition) is 1. The van der Waals surface area contributed by atoms with Crippen LogP contribution in [0.15, 0.2) is 73.1 Å². The lowest BCUT2D eigenvalue weighted by Gasteiger charge is -2.08. The maximum absolute atomic E-state index is 13.4. The molecule has 1 aliphatic carbocycles. The van der Waals surface area contributed by atoms with Crippen molar-refractivity contribution in [1.29, 1.82) is 0 Å². The Hall–Kier alpha value is -4.33. The van der Waals surface area contributed by atoms with Gasteiger partial charge in [-0.05, 0) is 43.5 Å². The SMILES string of the molecule is Cc1nn(-c2ccccc2)c2nc(C3CC3)cc(C(=O)Nc3ncn(Cc4ccccc4)n3)c12. The molecule has 1 saturated carbocycles. The van der Waals surface area contributed by atoms with E-state index in [0.717, 1.165) is 40.9 Å². The normalized spacial score (nSPS) is 13.3. The summed E-state index contributed by atoms with van der Waals surface area (Å²) in [6.45, 7) is 2.49. The van der Waals surface area contributed by atoms with E-state index < -0.39 is 0 Å². The lowest BCUT2D eigenvalue weighted by Crippen LogP contribution is -2.15. The Kier molecular flexibility index (Phi) is 4.91. The van der Waals surface area contributed by atoms with Gasteiger partial charge in [0.25, 0.3) is 5.91 Å². The Labute approximate surface area is 196 Å². The zero-order valence-electron chi connectivity index (χ0n) is 18.7. The summed E-state index contributed by atoms with van der Waals surface area (Å²) in [7, 11) is 0. The Balaban J connectivity index is 1.35. The number of aryl methyl sites for hydroxylation is 1. The van der Waals surface area contributed by atoms with Crippen molar-refractivity contribution < 1.29 is 4.79 Å². The van der Waals surface area contributed by atoms with Gasteiger partial charge in [0, 0.05) is 11.6 Å². The molecular weight excluding hydrogens is 426 g/mol. The van der Waals surface area contributed by atoms with Crippen LogP contribution in [-0.2, 0) is 6.54 Å². The fourth-order valence-electron chi connectivity index (χ4n) is 4.19. The fourth-order valence-corrected chi connectivity index (χ4v) is 4.19. The van der Waals surface area contributed by atoms with Crippen molar-refractivity contribution in [2.75, 3.05) is 5.32 Å². The summed E-state index contributed by atoms with van der Waals surface area (Å²) in [5, 5.41) is 12.8. The molecule has 0 saturated heterocycles. The molecule has 0 unspecified atom stereocenters. The van der Waals surface area contributed by atoms with Gasteiger partial charge in [-0.1, -0.05) is 48.5 Å². The predicted octanol–water partition coefficient (Wildman–Crippen LogP) is 4.50. The number of fused-ring (bicyclic) bond motifs is 1. The summed E-state index contributed by atoms with van der Waals surface area (Å²) in [4.78, 5) is 22.6. The fraction of sp³-hybridized carbons (Fsp3) is 0.192. The van der Waals surface area contributed by atoms with Crippen LogP contribution >= 0.6 is 0 Å². The third kappa shape index (κ3) is 3.83. The van der Waals surface area contributed by atoms with E-state index in [9.17, 15) is 4.79 Å². The van der Waals surface area contributed by atoms with Gasteiger partial charge < -0.3 is 0 Å².